The fourth-order valence-corrected chi connectivity index (χ4v) is 3.46. The lowest BCUT2D eigenvalue weighted by Crippen LogP contribution is -2.17. The first-order valence-corrected chi connectivity index (χ1v) is 11.2. The van der Waals surface area contributed by atoms with E-state index in [1.54, 1.807) is 12.1 Å². The number of nitrogens with one attached hydrogen (secondary N) is 1. The molecule has 1 unspecified atom stereocenters. The van der Waals surface area contributed by atoms with Crippen LogP contribution in [0.4, 0.5) is 0 Å². The third-order valence-corrected chi connectivity index (χ3v) is 5.03. The molecule has 1 atom stereocenters. The molecule has 0 heterocycles. The van der Waals surface area contributed by atoms with E-state index >= 15 is 0 Å². The summed E-state index contributed by atoms with van der Waals surface area (Å²) >= 11 is 0. The Kier molecular flexibility index (Phi) is 13.0. The van der Waals surface area contributed by atoms with E-state index in [1.165, 1.54) is 64.2 Å². The molecule has 0 aliphatic rings. The molecule has 0 saturated carbocycles. The minimum absolute atomic E-state index is 0.322. The Morgan fingerprint density at radius 2 is 1.44 bits per heavy atom. The zero-order valence-electron chi connectivity index (χ0n) is 17.9. The first kappa shape index (κ1) is 23.8. The van der Waals surface area contributed by atoms with Crippen molar-refractivity contribution in [3.8, 4) is 11.5 Å². The maximum Gasteiger partial charge on any atom is 0.162 e. The monoisotopic (exact) mass is 376 g/mol. The van der Waals surface area contributed by atoms with Crippen molar-refractivity contribution in [2.24, 2.45) is 5.92 Å². The summed E-state index contributed by atoms with van der Waals surface area (Å²) in [7, 11) is 0. The molecule has 0 saturated heterocycles. The van der Waals surface area contributed by atoms with Crippen LogP contribution in [0, 0.1) is 5.92 Å². The van der Waals surface area contributed by atoms with Crippen molar-refractivity contribution in [3.63, 3.8) is 0 Å². The SMILES string of the molecule is CCCCCCCCCCCCCC([NH])Oc1ccc(O)c(CC(C)C)c1. The summed E-state index contributed by atoms with van der Waals surface area (Å²) in [5, 5.41) is 9.93. The number of hydrogen-bond acceptors (Lipinski definition) is 2. The van der Waals surface area contributed by atoms with Crippen LogP contribution in [0.2, 0.25) is 0 Å². The second-order valence-corrected chi connectivity index (χ2v) is 8.32. The fraction of sp³-hybridized carbons (Fsp3) is 0.750. The van der Waals surface area contributed by atoms with E-state index in [1.807, 2.05) is 6.07 Å². The van der Waals surface area contributed by atoms with Gasteiger partial charge >= 0.3 is 0 Å². The van der Waals surface area contributed by atoms with Gasteiger partial charge in [-0.3, -0.25) is 0 Å². The van der Waals surface area contributed by atoms with Crippen molar-refractivity contribution in [3.05, 3.63) is 23.8 Å². The van der Waals surface area contributed by atoms with Crippen LogP contribution in [-0.4, -0.2) is 11.3 Å². The largest absolute Gasteiger partial charge is 0.508 e. The van der Waals surface area contributed by atoms with Gasteiger partial charge in [-0.2, -0.15) is 0 Å². The van der Waals surface area contributed by atoms with Crippen LogP contribution in [0.3, 0.4) is 0 Å². The van der Waals surface area contributed by atoms with Crippen molar-refractivity contribution in [2.45, 2.75) is 110 Å². The Balaban J connectivity index is 2.10. The van der Waals surface area contributed by atoms with Crippen molar-refractivity contribution < 1.29 is 9.84 Å². The van der Waals surface area contributed by atoms with Crippen LogP contribution in [0.15, 0.2) is 18.2 Å². The third-order valence-electron chi connectivity index (χ3n) is 5.03. The summed E-state index contributed by atoms with van der Waals surface area (Å²) < 4.78 is 5.74. The van der Waals surface area contributed by atoms with E-state index < -0.39 is 6.23 Å². The highest BCUT2D eigenvalue weighted by Gasteiger charge is 2.09. The highest BCUT2D eigenvalue weighted by molar-refractivity contribution is 5.39. The van der Waals surface area contributed by atoms with Gasteiger partial charge in [0.25, 0.3) is 0 Å². The number of hydrogen-bond donors (Lipinski definition) is 1. The average molecular weight is 377 g/mol. The normalized spacial score (nSPS) is 12.5. The van der Waals surface area contributed by atoms with E-state index in [4.69, 9.17) is 10.5 Å². The average Bonchev–Trinajstić information content (AvgIpc) is 2.62. The first-order valence-electron chi connectivity index (χ1n) is 11.2. The molecule has 1 radical (unpaired) electrons. The Bertz CT molecular complexity index is 487. The number of rotatable bonds is 16. The molecular weight excluding hydrogens is 334 g/mol. The van der Waals surface area contributed by atoms with E-state index in [2.05, 4.69) is 20.8 Å². The lowest BCUT2D eigenvalue weighted by molar-refractivity contribution is 0.186. The highest BCUT2D eigenvalue weighted by atomic mass is 16.5. The summed E-state index contributed by atoms with van der Waals surface area (Å²) in [5.41, 5.74) is 9.02. The van der Waals surface area contributed by atoms with Crippen molar-refractivity contribution in [1.82, 2.24) is 5.73 Å². The lowest BCUT2D eigenvalue weighted by atomic mass is 10.0. The number of unbranched alkanes of at least 4 members (excludes halogenated alkanes) is 10. The third kappa shape index (κ3) is 12.0. The van der Waals surface area contributed by atoms with Crippen LogP contribution in [0.5, 0.6) is 11.5 Å². The molecule has 1 aromatic carbocycles. The summed E-state index contributed by atoms with van der Waals surface area (Å²) in [4.78, 5) is 0. The summed E-state index contributed by atoms with van der Waals surface area (Å²) in [5.74, 6) is 1.50. The molecule has 0 aliphatic heterocycles. The van der Waals surface area contributed by atoms with E-state index in [0.717, 1.165) is 24.8 Å². The molecule has 0 spiro atoms. The van der Waals surface area contributed by atoms with Gasteiger partial charge in [0.1, 0.15) is 11.5 Å². The molecule has 27 heavy (non-hydrogen) atoms. The molecule has 1 aromatic rings. The molecule has 3 heteroatoms. The second kappa shape index (κ2) is 14.8. The van der Waals surface area contributed by atoms with E-state index in [-0.39, 0.29) is 0 Å². The lowest BCUT2D eigenvalue weighted by Gasteiger charge is -2.15. The topological polar surface area (TPSA) is 53.3 Å². The number of aromatic hydroxyl groups is 1. The molecular formula is C24H42NO2. The minimum Gasteiger partial charge on any atom is -0.508 e. The fourth-order valence-electron chi connectivity index (χ4n) is 3.46. The standard InChI is InChI=1S/C24H42NO2/c1-4-5-6-7-8-9-10-11-12-13-14-15-24(25)27-22-16-17-23(26)21(19-22)18-20(2)3/h16-17,19-20,24-26H,4-15,18H2,1-3H3. The summed E-state index contributed by atoms with van der Waals surface area (Å²) in [6.45, 7) is 6.53. The summed E-state index contributed by atoms with van der Waals surface area (Å²) in [6.07, 6.45) is 15.6. The maximum absolute atomic E-state index is 9.93. The molecule has 3 nitrogen and oxygen atoms in total. The van der Waals surface area contributed by atoms with Gasteiger partial charge in [0, 0.05) is 0 Å². The quantitative estimate of drug-likeness (QED) is 0.308. The van der Waals surface area contributed by atoms with Gasteiger partial charge in [-0.15, -0.1) is 0 Å². The first-order chi connectivity index (χ1) is 13.0. The van der Waals surface area contributed by atoms with Gasteiger partial charge in [0.15, 0.2) is 6.23 Å². The van der Waals surface area contributed by atoms with Crippen LogP contribution < -0.4 is 10.5 Å². The van der Waals surface area contributed by atoms with Gasteiger partial charge < -0.3 is 9.84 Å². The van der Waals surface area contributed by atoms with Crippen molar-refractivity contribution in [2.75, 3.05) is 0 Å². The smallest absolute Gasteiger partial charge is 0.162 e. The molecule has 0 aromatic heterocycles. The Labute approximate surface area is 167 Å². The molecule has 0 amide bonds. The predicted molar refractivity (Wildman–Crippen MR) is 115 cm³/mol. The molecule has 0 bridgehead atoms. The van der Waals surface area contributed by atoms with Crippen molar-refractivity contribution >= 4 is 0 Å². The maximum atomic E-state index is 9.93. The number of ether oxygens (including phenoxy) is 1. The highest BCUT2D eigenvalue weighted by Crippen LogP contribution is 2.26. The zero-order valence-corrected chi connectivity index (χ0v) is 17.9. The molecule has 0 fully saturated rings. The second-order valence-electron chi connectivity index (χ2n) is 8.32. The summed E-state index contributed by atoms with van der Waals surface area (Å²) in [6, 6.07) is 5.33. The zero-order chi connectivity index (χ0) is 19.9. The van der Waals surface area contributed by atoms with Gasteiger partial charge in [-0.05, 0) is 48.9 Å². The van der Waals surface area contributed by atoms with E-state index in [9.17, 15) is 5.11 Å². The van der Waals surface area contributed by atoms with Crippen LogP contribution in [-0.2, 0) is 6.42 Å². The number of phenols is 1. The minimum atomic E-state index is -0.514. The molecule has 155 valence electrons. The van der Waals surface area contributed by atoms with Crippen molar-refractivity contribution in [1.29, 1.82) is 0 Å². The Morgan fingerprint density at radius 1 is 0.889 bits per heavy atom. The van der Waals surface area contributed by atoms with Crippen LogP contribution in [0.25, 0.3) is 0 Å². The van der Waals surface area contributed by atoms with E-state index in [0.29, 0.717) is 17.4 Å². The predicted octanol–water partition coefficient (Wildman–Crippen LogP) is 7.28. The number of benzene rings is 1. The van der Waals surface area contributed by atoms with Gasteiger partial charge in [-0.25, -0.2) is 5.73 Å². The number of phenolic OH excluding ortho intramolecular Hbond substituents is 1. The molecule has 0 aliphatic carbocycles. The Morgan fingerprint density at radius 3 is 2.00 bits per heavy atom. The van der Waals surface area contributed by atoms with Gasteiger partial charge in [-0.1, -0.05) is 85.0 Å². The van der Waals surface area contributed by atoms with Crippen LogP contribution in [0.1, 0.15) is 103 Å². The van der Waals surface area contributed by atoms with Gasteiger partial charge in [0.05, 0.1) is 0 Å². The molecule has 2 N–H and O–H groups in total. The molecule has 1 rings (SSSR count). The Hall–Kier alpha value is -1.22. The van der Waals surface area contributed by atoms with Gasteiger partial charge in [0.2, 0.25) is 0 Å². The van der Waals surface area contributed by atoms with Crippen LogP contribution >= 0.6 is 0 Å².